The zero-order valence-corrected chi connectivity index (χ0v) is 11.5. The Morgan fingerprint density at radius 1 is 1.37 bits per heavy atom. The van der Waals surface area contributed by atoms with Gasteiger partial charge in [0.1, 0.15) is 5.75 Å². The van der Waals surface area contributed by atoms with Gasteiger partial charge in [0.15, 0.2) is 0 Å². The van der Waals surface area contributed by atoms with E-state index in [2.05, 4.69) is 19.1 Å². The van der Waals surface area contributed by atoms with Gasteiger partial charge in [0.2, 0.25) is 0 Å². The lowest BCUT2D eigenvalue weighted by molar-refractivity contribution is -0.142. The molecule has 0 spiro atoms. The molecule has 1 aliphatic rings. The molecule has 1 N–H and O–H groups in total. The summed E-state index contributed by atoms with van der Waals surface area (Å²) in [5.41, 5.74) is 3.80. The van der Waals surface area contributed by atoms with Crippen molar-refractivity contribution in [1.29, 1.82) is 0 Å². The topological polar surface area (TPSA) is 46.5 Å². The fraction of sp³-hybridized carbons (Fsp3) is 0.438. The van der Waals surface area contributed by atoms with E-state index in [0.29, 0.717) is 6.42 Å². The van der Waals surface area contributed by atoms with Crippen molar-refractivity contribution in [3.63, 3.8) is 0 Å². The molecule has 1 aromatic carbocycles. The maximum Gasteiger partial charge on any atom is 0.306 e. The quantitative estimate of drug-likeness (QED) is 0.897. The van der Waals surface area contributed by atoms with Crippen molar-refractivity contribution in [1.82, 2.24) is 0 Å². The molecule has 1 aromatic rings. The summed E-state index contributed by atoms with van der Waals surface area (Å²) in [7, 11) is 1.66. The second-order valence-corrected chi connectivity index (χ2v) is 4.94. The molecule has 102 valence electrons. The lowest BCUT2D eigenvalue weighted by Gasteiger charge is -2.24. The van der Waals surface area contributed by atoms with Crippen molar-refractivity contribution in [2.45, 2.75) is 32.6 Å². The summed E-state index contributed by atoms with van der Waals surface area (Å²) in [6.45, 7) is 2.10. The van der Waals surface area contributed by atoms with Crippen LogP contribution in [0, 0.1) is 5.92 Å². The standard InChI is InChI=1S/C16H20O3/c1-3-11-10-13(16(17)18)6-9-15(11)12-4-7-14(19-2)8-5-12/h4-5,7-8,13H,3,6,9-10H2,1-2H3,(H,17,18)/t13-/m1/s1. The van der Waals surface area contributed by atoms with Gasteiger partial charge in [0.25, 0.3) is 0 Å². The Bertz CT molecular complexity index is 485. The van der Waals surface area contributed by atoms with Gasteiger partial charge in [-0.2, -0.15) is 0 Å². The highest BCUT2D eigenvalue weighted by Gasteiger charge is 2.25. The van der Waals surface area contributed by atoms with Crippen LogP contribution in [-0.4, -0.2) is 18.2 Å². The third-order valence-electron chi connectivity index (χ3n) is 3.88. The number of allylic oxidation sites excluding steroid dienone is 2. The number of benzene rings is 1. The van der Waals surface area contributed by atoms with E-state index in [4.69, 9.17) is 9.84 Å². The molecule has 0 unspecified atom stereocenters. The third kappa shape index (κ3) is 2.98. The van der Waals surface area contributed by atoms with Gasteiger partial charge in [-0.05, 0) is 49.0 Å². The van der Waals surface area contributed by atoms with Crippen LogP contribution in [-0.2, 0) is 4.79 Å². The lowest BCUT2D eigenvalue weighted by atomic mass is 9.80. The highest BCUT2D eigenvalue weighted by molar-refractivity contribution is 5.76. The Morgan fingerprint density at radius 3 is 2.58 bits per heavy atom. The van der Waals surface area contributed by atoms with Crippen LogP contribution in [0.4, 0.5) is 0 Å². The van der Waals surface area contributed by atoms with E-state index in [-0.39, 0.29) is 5.92 Å². The number of carboxylic acid groups (broad SMARTS) is 1. The van der Waals surface area contributed by atoms with Crippen LogP contribution in [0.5, 0.6) is 5.75 Å². The predicted octanol–water partition coefficient (Wildman–Crippen LogP) is 3.74. The maximum absolute atomic E-state index is 11.1. The largest absolute Gasteiger partial charge is 0.497 e. The normalized spacial score (nSPS) is 19.4. The number of hydrogen-bond donors (Lipinski definition) is 1. The number of carboxylic acids is 1. The zero-order valence-electron chi connectivity index (χ0n) is 11.5. The Balaban J connectivity index is 2.28. The molecule has 0 heterocycles. The highest BCUT2D eigenvalue weighted by atomic mass is 16.5. The van der Waals surface area contributed by atoms with Crippen LogP contribution in [0.3, 0.4) is 0 Å². The zero-order chi connectivity index (χ0) is 13.8. The molecule has 3 heteroatoms. The summed E-state index contributed by atoms with van der Waals surface area (Å²) >= 11 is 0. The number of aliphatic carboxylic acids is 1. The molecule has 3 nitrogen and oxygen atoms in total. The Morgan fingerprint density at radius 2 is 2.05 bits per heavy atom. The van der Waals surface area contributed by atoms with Gasteiger partial charge < -0.3 is 9.84 Å². The summed E-state index contributed by atoms with van der Waals surface area (Å²) in [4.78, 5) is 11.1. The van der Waals surface area contributed by atoms with E-state index in [9.17, 15) is 4.79 Å². The average Bonchev–Trinajstić information content (AvgIpc) is 2.46. The number of methoxy groups -OCH3 is 1. The van der Waals surface area contributed by atoms with Gasteiger partial charge in [0.05, 0.1) is 13.0 Å². The molecule has 0 amide bonds. The van der Waals surface area contributed by atoms with Gasteiger partial charge in [-0.1, -0.05) is 24.6 Å². The molecule has 0 bridgehead atoms. The van der Waals surface area contributed by atoms with Gasteiger partial charge in [0, 0.05) is 0 Å². The van der Waals surface area contributed by atoms with E-state index < -0.39 is 5.97 Å². The van der Waals surface area contributed by atoms with Gasteiger partial charge in [-0.25, -0.2) is 0 Å². The van der Waals surface area contributed by atoms with Crippen LogP contribution in [0.25, 0.3) is 5.57 Å². The fourth-order valence-corrected chi connectivity index (χ4v) is 2.73. The van der Waals surface area contributed by atoms with Crippen LogP contribution >= 0.6 is 0 Å². The monoisotopic (exact) mass is 260 g/mol. The van der Waals surface area contributed by atoms with Gasteiger partial charge in [-0.3, -0.25) is 4.79 Å². The predicted molar refractivity (Wildman–Crippen MR) is 75.2 cm³/mol. The van der Waals surface area contributed by atoms with Crippen LogP contribution in [0.1, 0.15) is 38.2 Å². The van der Waals surface area contributed by atoms with Crippen molar-refractivity contribution in [3.8, 4) is 5.75 Å². The molecule has 0 aliphatic heterocycles. The van der Waals surface area contributed by atoms with E-state index >= 15 is 0 Å². The first-order valence-electron chi connectivity index (χ1n) is 6.73. The van der Waals surface area contributed by atoms with Crippen molar-refractivity contribution in [3.05, 3.63) is 35.4 Å². The van der Waals surface area contributed by atoms with Crippen LogP contribution in [0.2, 0.25) is 0 Å². The highest BCUT2D eigenvalue weighted by Crippen LogP contribution is 2.37. The molecule has 2 rings (SSSR count). The fourth-order valence-electron chi connectivity index (χ4n) is 2.73. The minimum Gasteiger partial charge on any atom is -0.497 e. The molecule has 0 aromatic heterocycles. The Hall–Kier alpha value is -1.77. The van der Waals surface area contributed by atoms with E-state index in [1.807, 2.05) is 12.1 Å². The number of rotatable bonds is 4. The molecule has 19 heavy (non-hydrogen) atoms. The SMILES string of the molecule is CCC1=C(c2ccc(OC)cc2)CC[C@@H](C(=O)O)C1. The first-order valence-corrected chi connectivity index (χ1v) is 6.73. The average molecular weight is 260 g/mol. The Kier molecular flexibility index (Phi) is 4.25. The first-order chi connectivity index (χ1) is 9.15. The maximum atomic E-state index is 11.1. The minimum absolute atomic E-state index is 0.211. The first kappa shape index (κ1) is 13.7. The van der Waals surface area contributed by atoms with E-state index in [1.165, 1.54) is 16.7 Å². The summed E-state index contributed by atoms with van der Waals surface area (Å²) in [6.07, 6.45) is 3.20. The van der Waals surface area contributed by atoms with Gasteiger partial charge in [-0.15, -0.1) is 0 Å². The van der Waals surface area contributed by atoms with Crippen LogP contribution in [0.15, 0.2) is 29.8 Å². The molecule has 0 saturated heterocycles. The van der Waals surface area contributed by atoms with Crippen molar-refractivity contribution in [2.75, 3.05) is 7.11 Å². The summed E-state index contributed by atoms with van der Waals surface area (Å²) in [6, 6.07) is 8.04. The van der Waals surface area contributed by atoms with E-state index in [1.54, 1.807) is 7.11 Å². The molecular weight excluding hydrogens is 240 g/mol. The number of ether oxygens (including phenoxy) is 1. The minimum atomic E-state index is -0.667. The number of carbonyl (C=O) groups is 1. The third-order valence-corrected chi connectivity index (χ3v) is 3.88. The van der Waals surface area contributed by atoms with Gasteiger partial charge >= 0.3 is 5.97 Å². The second kappa shape index (κ2) is 5.91. The van der Waals surface area contributed by atoms with E-state index in [0.717, 1.165) is 25.0 Å². The second-order valence-electron chi connectivity index (χ2n) is 4.94. The molecule has 0 fully saturated rings. The van der Waals surface area contributed by atoms with Crippen LogP contribution < -0.4 is 4.74 Å². The summed E-state index contributed by atoms with van der Waals surface area (Å²) in [5.74, 6) is -0.0294. The van der Waals surface area contributed by atoms with Crippen molar-refractivity contribution >= 4 is 11.5 Å². The summed E-state index contributed by atoms with van der Waals surface area (Å²) in [5, 5.41) is 9.14. The molecule has 1 aliphatic carbocycles. The molecule has 0 saturated carbocycles. The number of hydrogen-bond acceptors (Lipinski definition) is 2. The molecular formula is C16H20O3. The molecule has 1 atom stereocenters. The lowest BCUT2D eigenvalue weighted by Crippen LogP contribution is -2.18. The van der Waals surface area contributed by atoms with Crippen molar-refractivity contribution in [2.24, 2.45) is 5.92 Å². The Labute approximate surface area is 113 Å². The molecule has 0 radical (unpaired) electrons. The smallest absolute Gasteiger partial charge is 0.306 e. The summed E-state index contributed by atoms with van der Waals surface area (Å²) < 4.78 is 5.16. The van der Waals surface area contributed by atoms with Crippen molar-refractivity contribution < 1.29 is 14.6 Å².